The van der Waals surface area contributed by atoms with Crippen molar-refractivity contribution in [2.45, 2.75) is 6.54 Å². The lowest BCUT2D eigenvalue weighted by atomic mass is 10.1. The zero-order valence-electron chi connectivity index (χ0n) is 12.5. The van der Waals surface area contributed by atoms with Crippen LogP contribution in [0.5, 0.6) is 0 Å². The smallest absolute Gasteiger partial charge is 0.360 e. The summed E-state index contributed by atoms with van der Waals surface area (Å²) < 4.78 is 1.46. The third kappa shape index (κ3) is 2.74. The van der Waals surface area contributed by atoms with Gasteiger partial charge in [-0.1, -0.05) is 24.3 Å². The molecule has 1 heterocycles. The maximum absolute atomic E-state index is 12.2. The van der Waals surface area contributed by atoms with Gasteiger partial charge in [-0.05, 0) is 29.8 Å². The lowest BCUT2D eigenvalue weighted by Gasteiger charge is -2.11. The number of aromatic nitrogens is 2. The van der Waals surface area contributed by atoms with E-state index in [4.69, 9.17) is 5.73 Å². The molecule has 0 aliphatic rings. The van der Waals surface area contributed by atoms with Crippen LogP contribution < -0.4 is 11.2 Å². The highest BCUT2D eigenvalue weighted by molar-refractivity contribution is 5.92. The number of rotatable bonds is 4. The Labute approximate surface area is 136 Å². The van der Waals surface area contributed by atoms with E-state index in [0.717, 1.165) is 5.56 Å². The van der Waals surface area contributed by atoms with Gasteiger partial charge in [-0.15, -0.1) is 0 Å². The first-order valence-electron chi connectivity index (χ1n) is 7.09. The number of amides is 1. The molecule has 0 atom stereocenters. The van der Waals surface area contributed by atoms with Crippen LogP contribution >= 0.6 is 0 Å². The highest BCUT2D eigenvalue weighted by Gasteiger charge is 2.16. The number of hydrogen-bond acceptors (Lipinski definition) is 4. The molecular weight excluding hydrogens is 310 g/mol. The molecule has 1 amide bonds. The quantitative estimate of drug-likeness (QED) is 0.749. The fourth-order valence-corrected chi connectivity index (χ4v) is 2.45. The molecule has 0 radical (unpaired) electrons. The highest BCUT2D eigenvalue weighted by atomic mass is 16.4. The molecule has 0 spiro atoms. The summed E-state index contributed by atoms with van der Waals surface area (Å²) in [6.07, 6.45) is 0. The molecule has 1 aromatic heterocycles. The minimum atomic E-state index is -1.37. The molecule has 24 heavy (non-hydrogen) atoms. The van der Waals surface area contributed by atoms with Crippen molar-refractivity contribution in [1.29, 1.82) is 0 Å². The van der Waals surface area contributed by atoms with Crippen LogP contribution in [-0.2, 0) is 6.54 Å². The van der Waals surface area contributed by atoms with E-state index >= 15 is 0 Å². The molecule has 0 saturated heterocycles. The van der Waals surface area contributed by atoms with Crippen LogP contribution in [0.4, 0.5) is 0 Å². The second-order valence-electron chi connectivity index (χ2n) is 5.22. The van der Waals surface area contributed by atoms with Crippen LogP contribution in [0.25, 0.3) is 10.9 Å². The van der Waals surface area contributed by atoms with Gasteiger partial charge >= 0.3 is 5.97 Å². The molecule has 0 fully saturated rings. The van der Waals surface area contributed by atoms with Gasteiger partial charge in [0.1, 0.15) is 0 Å². The Kier molecular flexibility index (Phi) is 3.83. The zero-order chi connectivity index (χ0) is 17.3. The molecular formula is C17H13N3O4. The van der Waals surface area contributed by atoms with E-state index < -0.39 is 23.0 Å². The van der Waals surface area contributed by atoms with E-state index in [-0.39, 0.29) is 6.54 Å². The lowest BCUT2D eigenvalue weighted by Crippen LogP contribution is -2.23. The van der Waals surface area contributed by atoms with Crippen molar-refractivity contribution in [2.24, 2.45) is 5.73 Å². The van der Waals surface area contributed by atoms with Crippen LogP contribution in [0, 0.1) is 0 Å². The summed E-state index contributed by atoms with van der Waals surface area (Å²) in [5.41, 5.74) is 5.77. The van der Waals surface area contributed by atoms with Crippen molar-refractivity contribution in [3.05, 3.63) is 75.6 Å². The predicted molar refractivity (Wildman–Crippen MR) is 87.0 cm³/mol. The normalized spacial score (nSPS) is 10.7. The van der Waals surface area contributed by atoms with Gasteiger partial charge in [0.15, 0.2) is 0 Å². The molecule has 0 aliphatic carbocycles. The molecule has 3 aromatic rings. The summed E-state index contributed by atoms with van der Waals surface area (Å²) in [6, 6.07) is 13.3. The summed E-state index contributed by atoms with van der Waals surface area (Å²) >= 11 is 0. The van der Waals surface area contributed by atoms with Gasteiger partial charge in [-0.25, -0.2) is 4.79 Å². The minimum absolute atomic E-state index is 0.250. The monoisotopic (exact) mass is 323 g/mol. The first kappa shape index (κ1) is 15.4. The molecule has 0 saturated carbocycles. The number of carbonyl (C=O) groups excluding carboxylic acids is 1. The standard InChI is InChI=1S/C17H13N3O4/c18-16(22)11-7-5-10(6-8-11)9-20-13-4-2-1-3-12(13)15(21)14(19-20)17(23)24/h1-8H,9H2,(H2,18,22)(H,23,24). The maximum Gasteiger partial charge on any atom is 0.360 e. The Morgan fingerprint density at radius 1 is 1.08 bits per heavy atom. The molecule has 0 aliphatic heterocycles. The van der Waals surface area contributed by atoms with Crippen molar-refractivity contribution < 1.29 is 14.7 Å². The number of hydrogen-bond donors (Lipinski definition) is 2. The number of para-hydroxylation sites is 1. The van der Waals surface area contributed by atoms with Crippen molar-refractivity contribution >= 4 is 22.8 Å². The Bertz CT molecular complexity index is 1010. The Balaban J connectivity index is 2.11. The molecule has 120 valence electrons. The average Bonchev–Trinajstić information content (AvgIpc) is 2.57. The number of primary amides is 1. The summed E-state index contributed by atoms with van der Waals surface area (Å²) in [6.45, 7) is 0.250. The number of carboxylic acids is 1. The number of nitrogens with zero attached hydrogens (tertiary/aromatic N) is 2. The number of fused-ring (bicyclic) bond motifs is 1. The number of nitrogens with two attached hydrogens (primary N) is 1. The first-order chi connectivity index (χ1) is 11.5. The van der Waals surface area contributed by atoms with Gasteiger partial charge in [0.2, 0.25) is 17.0 Å². The zero-order valence-corrected chi connectivity index (χ0v) is 12.5. The molecule has 7 nitrogen and oxygen atoms in total. The highest BCUT2D eigenvalue weighted by Crippen LogP contribution is 2.13. The summed E-state index contributed by atoms with van der Waals surface area (Å²) in [7, 11) is 0. The summed E-state index contributed by atoms with van der Waals surface area (Å²) in [4.78, 5) is 34.6. The van der Waals surface area contributed by atoms with E-state index in [1.807, 2.05) is 0 Å². The topological polar surface area (TPSA) is 115 Å². The van der Waals surface area contributed by atoms with Crippen LogP contribution in [-0.4, -0.2) is 26.8 Å². The first-order valence-corrected chi connectivity index (χ1v) is 7.09. The van der Waals surface area contributed by atoms with Gasteiger partial charge in [0.25, 0.3) is 0 Å². The van der Waals surface area contributed by atoms with Crippen molar-refractivity contribution in [2.75, 3.05) is 0 Å². The van der Waals surface area contributed by atoms with E-state index in [9.17, 15) is 19.5 Å². The Hall–Kier alpha value is -3.48. The van der Waals surface area contributed by atoms with Gasteiger partial charge in [0.05, 0.1) is 12.1 Å². The molecule has 2 aromatic carbocycles. The van der Waals surface area contributed by atoms with Gasteiger partial charge in [-0.3, -0.25) is 14.3 Å². The van der Waals surface area contributed by atoms with Gasteiger partial charge in [0, 0.05) is 10.9 Å². The van der Waals surface area contributed by atoms with Crippen LogP contribution in [0.15, 0.2) is 53.3 Å². The molecule has 3 rings (SSSR count). The molecule has 7 heteroatoms. The van der Waals surface area contributed by atoms with Crippen LogP contribution in [0.2, 0.25) is 0 Å². The largest absolute Gasteiger partial charge is 0.476 e. The van der Waals surface area contributed by atoms with Crippen molar-refractivity contribution in [1.82, 2.24) is 9.78 Å². The SMILES string of the molecule is NC(=O)c1ccc(Cn2nc(C(=O)O)c(=O)c3ccccc32)cc1. The average molecular weight is 323 g/mol. The van der Waals surface area contributed by atoms with Crippen molar-refractivity contribution in [3.63, 3.8) is 0 Å². The van der Waals surface area contributed by atoms with Crippen LogP contribution in [0.3, 0.4) is 0 Å². The fourth-order valence-electron chi connectivity index (χ4n) is 2.45. The minimum Gasteiger partial charge on any atom is -0.476 e. The Morgan fingerprint density at radius 3 is 2.38 bits per heavy atom. The number of aromatic carboxylic acids is 1. The molecule has 3 N–H and O–H groups in total. The van der Waals surface area contributed by atoms with Crippen LogP contribution in [0.1, 0.15) is 26.4 Å². The summed E-state index contributed by atoms with van der Waals surface area (Å²) in [5, 5.41) is 13.4. The van der Waals surface area contributed by atoms with Crippen molar-refractivity contribution in [3.8, 4) is 0 Å². The number of carbonyl (C=O) groups is 2. The van der Waals surface area contributed by atoms with E-state index in [0.29, 0.717) is 16.5 Å². The Morgan fingerprint density at radius 2 is 1.75 bits per heavy atom. The van der Waals surface area contributed by atoms with E-state index in [1.165, 1.54) is 4.68 Å². The van der Waals surface area contributed by atoms with Gasteiger partial charge < -0.3 is 10.8 Å². The maximum atomic E-state index is 12.2. The number of carboxylic acid groups (broad SMARTS) is 1. The van der Waals surface area contributed by atoms with Gasteiger partial charge in [-0.2, -0.15) is 5.10 Å². The lowest BCUT2D eigenvalue weighted by molar-refractivity contribution is 0.0686. The molecule has 0 unspecified atom stereocenters. The fraction of sp³-hybridized carbons (Fsp3) is 0.0588. The third-order valence-electron chi connectivity index (χ3n) is 3.64. The van der Waals surface area contributed by atoms with E-state index in [2.05, 4.69) is 5.10 Å². The summed E-state index contributed by atoms with van der Waals surface area (Å²) in [5.74, 6) is -1.90. The predicted octanol–water partition coefficient (Wildman–Crippen LogP) is 1.24. The second-order valence-corrected chi connectivity index (χ2v) is 5.22. The molecule has 0 bridgehead atoms. The third-order valence-corrected chi connectivity index (χ3v) is 3.64. The second kappa shape index (κ2) is 5.96. The number of benzene rings is 2. The van der Waals surface area contributed by atoms with E-state index in [1.54, 1.807) is 48.5 Å².